The maximum atomic E-state index is 6.10. The van der Waals surface area contributed by atoms with Gasteiger partial charge in [0.1, 0.15) is 11.5 Å². The Bertz CT molecular complexity index is 593. The Morgan fingerprint density at radius 2 is 2.00 bits per heavy atom. The van der Waals surface area contributed by atoms with E-state index in [9.17, 15) is 0 Å². The number of aromatic nitrogens is 1. The van der Waals surface area contributed by atoms with Crippen molar-refractivity contribution < 1.29 is 4.74 Å². The molecule has 0 aliphatic carbocycles. The first-order chi connectivity index (χ1) is 9.10. The third-order valence-electron chi connectivity index (χ3n) is 2.30. The average Bonchev–Trinajstić information content (AvgIpc) is 2.37. The van der Waals surface area contributed by atoms with Crippen LogP contribution in [-0.2, 0) is 0 Å². The number of hydrogen-bond donors (Lipinski definition) is 1. The van der Waals surface area contributed by atoms with E-state index in [-0.39, 0.29) is 0 Å². The highest BCUT2D eigenvalue weighted by Crippen LogP contribution is 2.36. The maximum Gasteiger partial charge on any atom is 0.147 e. The summed E-state index contributed by atoms with van der Waals surface area (Å²) >= 11 is 15.4. The van der Waals surface area contributed by atoms with Crippen molar-refractivity contribution in [2.75, 3.05) is 11.9 Å². The molecule has 0 spiro atoms. The SMILES string of the molecule is CCNc1cncc(Oc2cc(Cl)c(Br)cc2Cl)c1. The molecule has 3 nitrogen and oxygen atoms in total. The molecule has 0 bridgehead atoms. The minimum absolute atomic E-state index is 0.477. The second-order valence-electron chi connectivity index (χ2n) is 3.74. The fourth-order valence-electron chi connectivity index (χ4n) is 1.48. The summed E-state index contributed by atoms with van der Waals surface area (Å²) in [7, 11) is 0. The molecule has 0 atom stereocenters. The van der Waals surface area contributed by atoms with E-state index in [4.69, 9.17) is 27.9 Å². The summed E-state index contributed by atoms with van der Waals surface area (Å²) < 4.78 is 6.42. The zero-order valence-corrected chi connectivity index (χ0v) is 13.2. The van der Waals surface area contributed by atoms with Crippen LogP contribution >= 0.6 is 39.1 Å². The first-order valence-electron chi connectivity index (χ1n) is 5.61. The third-order valence-corrected chi connectivity index (χ3v) is 3.79. The molecule has 0 saturated heterocycles. The van der Waals surface area contributed by atoms with Crippen molar-refractivity contribution in [3.05, 3.63) is 45.1 Å². The Morgan fingerprint density at radius 3 is 2.74 bits per heavy atom. The predicted molar refractivity (Wildman–Crippen MR) is 82.6 cm³/mol. The molecule has 1 heterocycles. The van der Waals surface area contributed by atoms with Crippen molar-refractivity contribution >= 4 is 44.8 Å². The largest absolute Gasteiger partial charge is 0.454 e. The highest BCUT2D eigenvalue weighted by Gasteiger charge is 2.08. The van der Waals surface area contributed by atoms with Crippen LogP contribution in [0.1, 0.15) is 6.92 Å². The van der Waals surface area contributed by atoms with E-state index in [1.54, 1.807) is 24.5 Å². The van der Waals surface area contributed by atoms with Crippen LogP contribution in [0.4, 0.5) is 5.69 Å². The third kappa shape index (κ3) is 3.75. The van der Waals surface area contributed by atoms with Gasteiger partial charge in [-0.05, 0) is 28.9 Å². The molecule has 2 aromatic rings. The molecule has 1 aromatic heterocycles. The summed E-state index contributed by atoms with van der Waals surface area (Å²) in [6, 6.07) is 5.21. The molecule has 1 N–H and O–H groups in total. The summed E-state index contributed by atoms with van der Waals surface area (Å²) in [6.07, 6.45) is 3.35. The van der Waals surface area contributed by atoms with Crippen molar-refractivity contribution in [2.45, 2.75) is 6.92 Å². The Labute approximate surface area is 130 Å². The number of benzene rings is 1. The monoisotopic (exact) mass is 360 g/mol. The van der Waals surface area contributed by atoms with Crippen molar-refractivity contribution in [3.63, 3.8) is 0 Å². The van der Waals surface area contributed by atoms with Crippen LogP contribution in [0.25, 0.3) is 0 Å². The Balaban J connectivity index is 2.25. The van der Waals surface area contributed by atoms with Crippen LogP contribution in [0.2, 0.25) is 10.0 Å². The number of halogens is 3. The number of rotatable bonds is 4. The van der Waals surface area contributed by atoms with Crippen LogP contribution in [0.15, 0.2) is 35.1 Å². The smallest absolute Gasteiger partial charge is 0.147 e. The van der Waals surface area contributed by atoms with Gasteiger partial charge in [-0.25, -0.2) is 0 Å². The van der Waals surface area contributed by atoms with Gasteiger partial charge in [0.2, 0.25) is 0 Å². The van der Waals surface area contributed by atoms with Gasteiger partial charge in [-0.3, -0.25) is 4.98 Å². The van der Waals surface area contributed by atoms with Gasteiger partial charge in [0.15, 0.2) is 0 Å². The van der Waals surface area contributed by atoms with Gasteiger partial charge in [-0.1, -0.05) is 23.2 Å². The number of hydrogen-bond acceptors (Lipinski definition) is 3. The minimum atomic E-state index is 0.477. The lowest BCUT2D eigenvalue weighted by molar-refractivity contribution is 0.481. The van der Waals surface area contributed by atoms with E-state index in [0.717, 1.165) is 16.7 Å². The summed E-state index contributed by atoms with van der Waals surface area (Å²) in [4.78, 5) is 4.10. The van der Waals surface area contributed by atoms with Gasteiger partial charge in [-0.2, -0.15) is 0 Å². The van der Waals surface area contributed by atoms with Crippen molar-refractivity contribution in [2.24, 2.45) is 0 Å². The standard InChI is InChI=1S/C13H11BrCl2N2O/c1-2-18-8-3-9(7-17-6-8)19-13-5-11(15)10(14)4-12(13)16/h3-7,18H,2H2,1H3. The van der Waals surface area contributed by atoms with E-state index >= 15 is 0 Å². The minimum Gasteiger partial charge on any atom is -0.454 e. The van der Waals surface area contributed by atoms with Crippen LogP contribution in [-0.4, -0.2) is 11.5 Å². The summed E-state index contributed by atoms with van der Waals surface area (Å²) in [5.74, 6) is 1.09. The number of anilines is 1. The summed E-state index contributed by atoms with van der Waals surface area (Å²) in [5.41, 5.74) is 0.888. The van der Waals surface area contributed by atoms with E-state index in [1.165, 1.54) is 0 Å². The number of nitrogens with one attached hydrogen (secondary N) is 1. The van der Waals surface area contributed by atoms with Crippen LogP contribution in [0.5, 0.6) is 11.5 Å². The molecule has 0 fully saturated rings. The van der Waals surface area contributed by atoms with Gasteiger partial charge in [-0.15, -0.1) is 0 Å². The number of pyridine rings is 1. The molecule has 0 radical (unpaired) electrons. The first kappa shape index (κ1) is 14.4. The molecule has 0 aliphatic rings. The van der Waals surface area contributed by atoms with Gasteiger partial charge < -0.3 is 10.1 Å². The zero-order valence-electron chi connectivity index (χ0n) is 10.1. The second-order valence-corrected chi connectivity index (χ2v) is 5.41. The lowest BCUT2D eigenvalue weighted by Gasteiger charge is -2.10. The quantitative estimate of drug-likeness (QED) is 0.742. The Morgan fingerprint density at radius 1 is 1.21 bits per heavy atom. The van der Waals surface area contributed by atoms with Crippen LogP contribution in [0, 0.1) is 0 Å². The molecule has 100 valence electrons. The number of nitrogens with zero attached hydrogens (tertiary/aromatic N) is 1. The summed E-state index contributed by atoms with van der Waals surface area (Å²) in [5, 5.41) is 4.17. The molecule has 2 rings (SSSR count). The lowest BCUT2D eigenvalue weighted by atomic mass is 10.3. The zero-order chi connectivity index (χ0) is 13.8. The predicted octanol–water partition coefficient (Wildman–Crippen LogP) is 5.38. The number of ether oxygens (including phenoxy) is 1. The first-order valence-corrected chi connectivity index (χ1v) is 7.16. The van der Waals surface area contributed by atoms with Crippen molar-refractivity contribution in [3.8, 4) is 11.5 Å². The van der Waals surface area contributed by atoms with Crippen molar-refractivity contribution in [1.29, 1.82) is 0 Å². The molecular weight excluding hydrogens is 351 g/mol. The van der Waals surface area contributed by atoms with Crippen molar-refractivity contribution in [1.82, 2.24) is 4.98 Å². The highest BCUT2D eigenvalue weighted by molar-refractivity contribution is 9.10. The fraction of sp³-hybridized carbons (Fsp3) is 0.154. The van der Waals surface area contributed by atoms with E-state index < -0.39 is 0 Å². The molecular formula is C13H11BrCl2N2O. The average molecular weight is 362 g/mol. The highest BCUT2D eigenvalue weighted by atomic mass is 79.9. The van der Waals surface area contributed by atoms with Crippen LogP contribution in [0.3, 0.4) is 0 Å². The Hall–Kier alpha value is -0.970. The topological polar surface area (TPSA) is 34.2 Å². The molecule has 0 aliphatic heterocycles. The van der Waals surface area contributed by atoms with Gasteiger partial charge in [0.05, 0.1) is 28.1 Å². The van der Waals surface area contributed by atoms with E-state index in [1.807, 2.05) is 13.0 Å². The van der Waals surface area contributed by atoms with Gasteiger partial charge in [0.25, 0.3) is 0 Å². The Kier molecular flexibility index (Phi) is 4.91. The molecule has 0 amide bonds. The lowest BCUT2D eigenvalue weighted by Crippen LogP contribution is -1.97. The van der Waals surface area contributed by atoms with Gasteiger partial charge >= 0.3 is 0 Å². The molecule has 0 unspecified atom stereocenters. The maximum absolute atomic E-state index is 6.10. The van der Waals surface area contributed by atoms with Gasteiger partial charge in [0, 0.05) is 23.2 Å². The second kappa shape index (κ2) is 6.46. The molecule has 1 aromatic carbocycles. The van der Waals surface area contributed by atoms with E-state index in [0.29, 0.717) is 21.5 Å². The van der Waals surface area contributed by atoms with Crippen LogP contribution < -0.4 is 10.1 Å². The molecule has 6 heteroatoms. The fourth-order valence-corrected chi connectivity index (χ4v) is 2.32. The van der Waals surface area contributed by atoms with E-state index in [2.05, 4.69) is 26.2 Å². The molecule has 0 saturated carbocycles. The normalized spacial score (nSPS) is 10.3. The molecule has 19 heavy (non-hydrogen) atoms. The summed E-state index contributed by atoms with van der Waals surface area (Å²) in [6.45, 7) is 2.83.